The maximum atomic E-state index is 13.4. The molecular weight excluding hydrogens is 434 g/mol. The molecule has 0 aliphatic carbocycles. The third-order valence-electron chi connectivity index (χ3n) is 6.97. The highest BCUT2D eigenvalue weighted by atomic mass is 32.2. The molecule has 4 aliphatic heterocycles. The summed E-state index contributed by atoms with van der Waals surface area (Å²) in [6.45, 7) is 2.53. The highest BCUT2D eigenvalue weighted by Crippen LogP contribution is 2.48. The van der Waals surface area contributed by atoms with Crippen molar-refractivity contribution in [2.45, 2.75) is 30.3 Å². The second-order valence-electron chi connectivity index (χ2n) is 9.00. The van der Waals surface area contributed by atoms with Crippen LogP contribution in [0.2, 0.25) is 0 Å². The average molecular weight is 462 g/mol. The van der Waals surface area contributed by atoms with Gasteiger partial charge in [0.25, 0.3) is 5.91 Å². The Balaban J connectivity index is 1.32. The Morgan fingerprint density at radius 1 is 1.03 bits per heavy atom. The minimum absolute atomic E-state index is 0.0111. The standard InChI is InChI=1S/C25H27N5O2S/c31-23(28-17-9-11-26-14-17)22-21-20-19(10-12-27-24(20)33-22)30(25(32)29-21)18-8-4-7-16(13-18)15-5-2-1-3-6-15/h1-8,13,17,19-20,24,26-27H,9-12,14H2,(H,28,31)(H,29,32)/t17-,19?,20?,24?/m1/s1. The third kappa shape index (κ3) is 3.72. The summed E-state index contributed by atoms with van der Waals surface area (Å²) < 4.78 is 0. The monoisotopic (exact) mass is 461 g/mol. The first kappa shape index (κ1) is 20.8. The number of amides is 3. The molecular formula is C25H27N5O2S. The van der Waals surface area contributed by atoms with E-state index in [4.69, 9.17) is 0 Å². The third-order valence-corrected chi connectivity index (χ3v) is 8.33. The van der Waals surface area contributed by atoms with Gasteiger partial charge in [-0.1, -0.05) is 54.2 Å². The van der Waals surface area contributed by atoms with Crippen molar-refractivity contribution in [1.82, 2.24) is 21.3 Å². The molecule has 7 nitrogen and oxygen atoms in total. The Labute approximate surface area is 197 Å². The SMILES string of the molecule is O=C(N[C@@H]1CCNC1)C1=C2NC(=O)N(c3cccc(-c4ccccc4)c3)C3CCNC(S1)C23. The van der Waals surface area contributed by atoms with Gasteiger partial charge in [0.15, 0.2) is 0 Å². The molecule has 3 saturated heterocycles. The molecule has 2 aromatic rings. The number of anilines is 1. The van der Waals surface area contributed by atoms with Crippen molar-refractivity contribution in [3.05, 3.63) is 65.2 Å². The minimum Gasteiger partial charge on any atom is -0.347 e. The number of rotatable bonds is 4. The van der Waals surface area contributed by atoms with Crippen LogP contribution < -0.4 is 26.2 Å². The zero-order valence-electron chi connectivity index (χ0n) is 18.2. The van der Waals surface area contributed by atoms with E-state index in [2.05, 4.69) is 45.5 Å². The largest absolute Gasteiger partial charge is 0.347 e. The van der Waals surface area contributed by atoms with Gasteiger partial charge in [0.05, 0.1) is 16.3 Å². The number of nitrogens with zero attached hydrogens (tertiary/aromatic N) is 1. The van der Waals surface area contributed by atoms with Gasteiger partial charge in [0.1, 0.15) is 0 Å². The summed E-state index contributed by atoms with van der Waals surface area (Å²) in [7, 11) is 0. The molecule has 4 aliphatic rings. The van der Waals surface area contributed by atoms with Crippen LogP contribution in [0.25, 0.3) is 11.1 Å². The minimum atomic E-state index is -0.160. The Morgan fingerprint density at radius 3 is 2.70 bits per heavy atom. The molecule has 170 valence electrons. The van der Waals surface area contributed by atoms with Crippen LogP contribution in [0.3, 0.4) is 0 Å². The summed E-state index contributed by atoms with van der Waals surface area (Å²) in [6.07, 6.45) is 1.78. The number of piperidine rings is 1. The zero-order valence-corrected chi connectivity index (χ0v) is 19.0. The lowest BCUT2D eigenvalue weighted by Crippen LogP contribution is -2.62. The summed E-state index contributed by atoms with van der Waals surface area (Å²) in [5.41, 5.74) is 3.88. The van der Waals surface area contributed by atoms with Crippen LogP contribution in [0.15, 0.2) is 65.2 Å². The maximum absolute atomic E-state index is 13.4. The van der Waals surface area contributed by atoms with E-state index in [0.717, 1.165) is 55.0 Å². The first-order valence-corrected chi connectivity index (χ1v) is 12.5. The van der Waals surface area contributed by atoms with Gasteiger partial charge in [0.2, 0.25) is 0 Å². The number of carbonyl (C=O) groups excluding carboxylic acids is 2. The van der Waals surface area contributed by atoms with Crippen molar-refractivity contribution in [2.75, 3.05) is 24.5 Å². The summed E-state index contributed by atoms with van der Waals surface area (Å²) >= 11 is 1.56. The van der Waals surface area contributed by atoms with E-state index >= 15 is 0 Å². The van der Waals surface area contributed by atoms with Gasteiger partial charge < -0.3 is 21.3 Å². The van der Waals surface area contributed by atoms with Gasteiger partial charge in [-0.05, 0) is 49.2 Å². The van der Waals surface area contributed by atoms with Gasteiger partial charge in [-0.2, -0.15) is 0 Å². The van der Waals surface area contributed by atoms with E-state index < -0.39 is 0 Å². The van der Waals surface area contributed by atoms with Crippen LogP contribution in [-0.2, 0) is 4.79 Å². The van der Waals surface area contributed by atoms with Crippen LogP contribution in [0.1, 0.15) is 12.8 Å². The molecule has 0 aromatic heterocycles. The molecule has 33 heavy (non-hydrogen) atoms. The zero-order chi connectivity index (χ0) is 22.4. The summed E-state index contributed by atoms with van der Waals surface area (Å²) in [4.78, 5) is 29.1. The van der Waals surface area contributed by atoms with Crippen LogP contribution in [0, 0.1) is 5.92 Å². The van der Waals surface area contributed by atoms with Gasteiger partial charge in [-0.25, -0.2) is 4.79 Å². The Morgan fingerprint density at radius 2 is 1.88 bits per heavy atom. The van der Waals surface area contributed by atoms with E-state index in [9.17, 15) is 9.59 Å². The number of urea groups is 1. The highest BCUT2D eigenvalue weighted by Gasteiger charge is 2.51. The lowest BCUT2D eigenvalue weighted by molar-refractivity contribution is -0.117. The Bertz CT molecular complexity index is 1110. The van der Waals surface area contributed by atoms with E-state index in [0.29, 0.717) is 4.91 Å². The molecule has 3 unspecified atom stereocenters. The van der Waals surface area contributed by atoms with Crippen molar-refractivity contribution >= 4 is 29.4 Å². The average Bonchev–Trinajstić information content (AvgIpc) is 3.49. The first-order valence-electron chi connectivity index (χ1n) is 11.6. The van der Waals surface area contributed by atoms with Gasteiger partial charge in [-0.15, -0.1) is 0 Å². The lowest BCUT2D eigenvalue weighted by Gasteiger charge is -2.45. The van der Waals surface area contributed by atoms with Crippen molar-refractivity contribution in [1.29, 1.82) is 0 Å². The van der Waals surface area contributed by atoms with E-state index in [1.165, 1.54) is 0 Å². The van der Waals surface area contributed by atoms with Crippen molar-refractivity contribution in [3.63, 3.8) is 0 Å². The summed E-state index contributed by atoms with van der Waals surface area (Å²) in [5, 5.41) is 13.2. The molecule has 0 radical (unpaired) electrons. The first-order chi connectivity index (χ1) is 16.2. The number of hydrogen-bond donors (Lipinski definition) is 4. The van der Waals surface area contributed by atoms with Crippen LogP contribution in [0.5, 0.6) is 0 Å². The molecule has 3 fully saturated rings. The number of thioether (sulfide) groups is 1. The molecule has 0 saturated carbocycles. The predicted molar refractivity (Wildman–Crippen MR) is 131 cm³/mol. The molecule has 4 N–H and O–H groups in total. The van der Waals surface area contributed by atoms with E-state index in [1.54, 1.807) is 11.8 Å². The van der Waals surface area contributed by atoms with Crippen LogP contribution in [-0.4, -0.2) is 49.0 Å². The van der Waals surface area contributed by atoms with Crippen LogP contribution in [0.4, 0.5) is 10.5 Å². The maximum Gasteiger partial charge on any atom is 0.326 e. The van der Waals surface area contributed by atoms with Crippen molar-refractivity contribution in [3.8, 4) is 11.1 Å². The van der Waals surface area contributed by atoms with E-state index in [-0.39, 0.29) is 35.3 Å². The van der Waals surface area contributed by atoms with E-state index in [1.807, 2.05) is 35.2 Å². The topological polar surface area (TPSA) is 85.5 Å². The van der Waals surface area contributed by atoms with Gasteiger partial charge in [-0.3, -0.25) is 9.69 Å². The number of nitrogens with one attached hydrogen (secondary N) is 4. The second kappa shape index (κ2) is 8.52. The Hall–Kier alpha value is -2.81. The quantitative estimate of drug-likeness (QED) is 0.563. The molecule has 0 spiro atoms. The summed E-state index contributed by atoms with van der Waals surface area (Å²) in [5.74, 6) is -0.0113. The van der Waals surface area contributed by atoms with Gasteiger partial charge in [0, 0.05) is 29.9 Å². The van der Waals surface area contributed by atoms with Crippen molar-refractivity contribution < 1.29 is 9.59 Å². The predicted octanol–water partition coefficient (Wildman–Crippen LogP) is 2.62. The summed E-state index contributed by atoms with van der Waals surface area (Å²) in [6, 6.07) is 18.4. The fourth-order valence-electron chi connectivity index (χ4n) is 5.42. The molecule has 0 bridgehead atoms. The molecule has 8 heteroatoms. The normalized spacial score (nSPS) is 28.5. The van der Waals surface area contributed by atoms with Crippen LogP contribution >= 0.6 is 11.8 Å². The molecule has 2 aromatic carbocycles. The van der Waals surface area contributed by atoms with Crippen molar-refractivity contribution in [2.24, 2.45) is 5.92 Å². The molecule has 3 amide bonds. The number of benzene rings is 2. The lowest BCUT2D eigenvalue weighted by atomic mass is 9.86. The molecule has 4 atom stereocenters. The second-order valence-corrected chi connectivity index (χ2v) is 10.1. The van der Waals surface area contributed by atoms with Gasteiger partial charge >= 0.3 is 6.03 Å². The molecule has 4 heterocycles. The fraction of sp³-hybridized carbons (Fsp3) is 0.360. The fourth-order valence-corrected chi connectivity index (χ4v) is 6.82. The smallest absolute Gasteiger partial charge is 0.326 e. The number of hydrogen-bond acceptors (Lipinski definition) is 5. The Kier molecular flexibility index (Phi) is 5.36. The highest BCUT2D eigenvalue weighted by molar-refractivity contribution is 8.04. The molecule has 6 rings (SSSR count). The number of carbonyl (C=O) groups is 2.